The summed E-state index contributed by atoms with van der Waals surface area (Å²) < 4.78 is 4.96. The molecule has 9 heteroatoms. The van der Waals surface area contributed by atoms with E-state index in [9.17, 15) is 4.79 Å². The maximum absolute atomic E-state index is 11.5. The minimum absolute atomic E-state index is 0.218. The number of benzene rings is 1. The number of hydrogen-bond acceptors (Lipinski definition) is 8. The van der Waals surface area contributed by atoms with E-state index in [4.69, 9.17) is 4.74 Å². The third kappa shape index (κ3) is 3.33. The molecule has 3 heterocycles. The normalized spacial score (nSPS) is 11.1. The van der Waals surface area contributed by atoms with E-state index in [1.807, 2.05) is 18.2 Å². The molecule has 0 amide bonds. The van der Waals surface area contributed by atoms with E-state index in [-0.39, 0.29) is 5.97 Å². The zero-order chi connectivity index (χ0) is 17.9. The van der Waals surface area contributed by atoms with E-state index < -0.39 is 0 Å². The van der Waals surface area contributed by atoms with Crippen LogP contribution in [0.2, 0.25) is 0 Å². The molecule has 0 aliphatic carbocycles. The van der Waals surface area contributed by atoms with E-state index in [1.165, 1.54) is 17.7 Å². The van der Waals surface area contributed by atoms with Crippen LogP contribution < -0.4 is 5.32 Å². The van der Waals surface area contributed by atoms with Crippen LogP contribution in [0.1, 0.15) is 18.4 Å². The van der Waals surface area contributed by atoms with Crippen molar-refractivity contribution in [1.82, 2.24) is 25.1 Å². The molecule has 4 aromatic rings. The van der Waals surface area contributed by atoms with Gasteiger partial charge in [-0.05, 0) is 25.1 Å². The molecule has 0 saturated carbocycles. The average Bonchev–Trinajstić information content (AvgIpc) is 3.26. The predicted octanol–water partition coefficient (Wildman–Crippen LogP) is 3.20. The Morgan fingerprint density at radius 1 is 1.35 bits per heavy atom. The number of H-pyrrole nitrogens is 1. The molecule has 132 valence electrons. The van der Waals surface area contributed by atoms with Gasteiger partial charge in [0.1, 0.15) is 16.7 Å². The van der Waals surface area contributed by atoms with Crippen LogP contribution in [-0.4, -0.2) is 37.7 Å². The van der Waals surface area contributed by atoms with Gasteiger partial charge < -0.3 is 10.1 Å². The summed E-state index contributed by atoms with van der Waals surface area (Å²) in [6.07, 6.45) is 4.11. The number of ether oxygens (including phenoxy) is 1. The number of aryl methyl sites for hydroxylation is 1. The molecular weight excluding hydrogens is 352 g/mol. The Labute approximate surface area is 152 Å². The van der Waals surface area contributed by atoms with Gasteiger partial charge in [-0.3, -0.25) is 9.89 Å². The minimum Gasteiger partial charge on any atom is -0.466 e. The first-order valence-corrected chi connectivity index (χ1v) is 9.01. The van der Waals surface area contributed by atoms with Gasteiger partial charge in [0, 0.05) is 17.5 Å². The van der Waals surface area contributed by atoms with Crippen LogP contribution in [0, 0.1) is 0 Å². The van der Waals surface area contributed by atoms with E-state index in [1.54, 1.807) is 13.1 Å². The summed E-state index contributed by atoms with van der Waals surface area (Å²) in [6.45, 7) is 2.18. The zero-order valence-corrected chi connectivity index (χ0v) is 14.8. The summed E-state index contributed by atoms with van der Waals surface area (Å²) in [5, 5.41) is 12.1. The second kappa shape index (κ2) is 7.04. The second-order valence-corrected chi connectivity index (χ2v) is 6.65. The lowest BCUT2D eigenvalue weighted by atomic mass is 10.2. The quantitative estimate of drug-likeness (QED) is 0.503. The smallest absolute Gasteiger partial charge is 0.306 e. The summed E-state index contributed by atoms with van der Waals surface area (Å²) in [7, 11) is 0. The van der Waals surface area contributed by atoms with Gasteiger partial charge >= 0.3 is 5.97 Å². The van der Waals surface area contributed by atoms with Crippen molar-refractivity contribution in [3.05, 3.63) is 35.7 Å². The fourth-order valence-corrected chi connectivity index (χ4v) is 3.50. The van der Waals surface area contributed by atoms with Gasteiger partial charge in [0.05, 0.1) is 29.7 Å². The molecule has 0 aliphatic rings. The van der Waals surface area contributed by atoms with Gasteiger partial charge in [0.2, 0.25) is 0 Å². The predicted molar refractivity (Wildman–Crippen MR) is 99.5 cm³/mol. The molecule has 4 rings (SSSR count). The molecule has 0 atom stereocenters. The van der Waals surface area contributed by atoms with Crippen LogP contribution in [-0.2, 0) is 16.0 Å². The topological polar surface area (TPSA) is 106 Å². The first kappa shape index (κ1) is 16.4. The molecule has 1 aromatic carbocycles. The highest BCUT2D eigenvalue weighted by Crippen LogP contribution is 2.28. The van der Waals surface area contributed by atoms with Crippen molar-refractivity contribution >= 4 is 50.1 Å². The monoisotopic (exact) mass is 368 g/mol. The molecule has 2 N–H and O–H groups in total. The number of aromatic nitrogens is 5. The number of fused-ring (bicyclic) bond motifs is 2. The van der Waals surface area contributed by atoms with Crippen LogP contribution in [0.25, 0.3) is 21.3 Å². The molecular formula is C17H16N6O2S. The molecule has 0 radical (unpaired) electrons. The van der Waals surface area contributed by atoms with Crippen LogP contribution in [0.5, 0.6) is 0 Å². The third-order valence-electron chi connectivity index (χ3n) is 3.79. The Bertz CT molecular complexity index is 1070. The lowest BCUT2D eigenvalue weighted by Crippen LogP contribution is -2.04. The Kier molecular flexibility index (Phi) is 4.44. The summed E-state index contributed by atoms with van der Waals surface area (Å²) >= 11 is 1.46. The van der Waals surface area contributed by atoms with Crippen molar-refractivity contribution in [3.63, 3.8) is 0 Å². The van der Waals surface area contributed by atoms with E-state index >= 15 is 0 Å². The lowest BCUT2D eigenvalue weighted by Gasteiger charge is -2.05. The highest BCUT2D eigenvalue weighted by atomic mass is 32.1. The molecule has 8 nitrogen and oxygen atoms in total. The molecule has 0 unspecified atom stereocenters. The first-order chi connectivity index (χ1) is 12.7. The summed E-state index contributed by atoms with van der Waals surface area (Å²) in [4.78, 5) is 25.5. The number of carbonyl (C=O) groups excluding carboxylic acids is 1. The molecule has 0 saturated heterocycles. The third-order valence-corrected chi connectivity index (χ3v) is 4.81. The Morgan fingerprint density at radius 2 is 2.27 bits per heavy atom. The van der Waals surface area contributed by atoms with E-state index in [2.05, 4.69) is 30.5 Å². The van der Waals surface area contributed by atoms with Crippen molar-refractivity contribution in [1.29, 1.82) is 0 Å². The molecule has 0 spiro atoms. The van der Waals surface area contributed by atoms with Crippen molar-refractivity contribution in [3.8, 4) is 0 Å². The Morgan fingerprint density at radius 3 is 3.15 bits per heavy atom. The number of carbonyl (C=O) groups is 1. The zero-order valence-electron chi connectivity index (χ0n) is 14.0. The Balaban J connectivity index is 1.57. The van der Waals surface area contributed by atoms with Crippen LogP contribution in [0.15, 0.2) is 30.7 Å². The molecule has 3 aromatic heterocycles. The van der Waals surface area contributed by atoms with Gasteiger partial charge in [-0.2, -0.15) is 5.10 Å². The SMILES string of the molecule is CCOC(=O)CCc1nc2c(Nc3ccc4[nH]ncc4c3)ncnc2s1. The Hall–Kier alpha value is -3.07. The molecule has 0 aliphatic heterocycles. The fourth-order valence-electron chi connectivity index (χ4n) is 2.59. The van der Waals surface area contributed by atoms with Crippen LogP contribution in [0.4, 0.5) is 11.5 Å². The second-order valence-electron chi connectivity index (χ2n) is 5.59. The van der Waals surface area contributed by atoms with E-state index in [0.717, 1.165) is 26.4 Å². The molecule has 0 bridgehead atoms. The number of hydrogen-bond donors (Lipinski definition) is 2. The number of thiazole rings is 1. The fraction of sp³-hybridized carbons (Fsp3) is 0.235. The highest BCUT2D eigenvalue weighted by molar-refractivity contribution is 7.18. The number of aromatic amines is 1. The van der Waals surface area contributed by atoms with Gasteiger partial charge in [-0.25, -0.2) is 15.0 Å². The number of esters is 1. The molecule has 26 heavy (non-hydrogen) atoms. The maximum Gasteiger partial charge on any atom is 0.306 e. The number of nitrogens with one attached hydrogen (secondary N) is 2. The van der Waals surface area contributed by atoms with Gasteiger partial charge in [0.25, 0.3) is 0 Å². The van der Waals surface area contributed by atoms with Crippen molar-refractivity contribution in [2.45, 2.75) is 19.8 Å². The van der Waals surface area contributed by atoms with Crippen LogP contribution >= 0.6 is 11.3 Å². The standard InChI is InChI=1S/C17H16N6O2S/c1-2-25-14(24)6-5-13-22-15-16(18-9-19-17(15)26-13)21-11-3-4-12-10(7-11)8-20-23-12/h3-4,7-9H,2,5-6H2,1H3,(H,20,23)(H,18,19,21). The highest BCUT2D eigenvalue weighted by Gasteiger charge is 2.13. The van der Waals surface area contributed by atoms with Crippen molar-refractivity contribution < 1.29 is 9.53 Å². The number of anilines is 2. The lowest BCUT2D eigenvalue weighted by molar-refractivity contribution is -0.143. The van der Waals surface area contributed by atoms with Crippen LogP contribution in [0.3, 0.4) is 0 Å². The van der Waals surface area contributed by atoms with Gasteiger partial charge in [-0.1, -0.05) is 11.3 Å². The summed E-state index contributed by atoms with van der Waals surface area (Å²) in [5.41, 5.74) is 2.56. The molecule has 0 fully saturated rings. The van der Waals surface area contributed by atoms with Crippen molar-refractivity contribution in [2.24, 2.45) is 0 Å². The maximum atomic E-state index is 11.5. The largest absolute Gasteiger partial charge is 0.466 e. The summed E-state index contributed by atoms with van der Waals surface area (Å²) in [5.74, 6) is 0.418. The van der Waals surface area contributed by atoms with Gasteiger partial charge in [-0.15, -0.1) is 0 Å². The first-order valence-electron chi connectivity index (χ1n) is 8.19. The summed E-state index contributed by atoms with van der Waals surface area (Å²) in [6, 6.07) is 5.89. The average molecular weight is 368 g/mol. The number of rotatable bonds is 6. The number of nitrogens with zero attached hydrogens (tertiary/aromatic N) is 4. The van der Waals surface area contributed by atoms with Gasteiger partial charge in [0.15, 0.2) is 5.82 Å². The van der Waals surface area contributed by atoms with Crippen molar-refractivity contribution in [2.75, 3.05) is 11.9 Å². The van der Waals surface area contributed by atoms with E-state index in [0.29, 0.717) is 30.8 Å². The minimum atomic E-state index is -0.218.